The highest BCUT2D eigenvalue weighted by molar-refractivity contribution is 7.91. The average molecular weight is 249 g/mol. The number of carbonyl (C=O) groups excluding carboxylic acids is 1. The van der Waals surface area contributed by atoms with Crippen LogP contribution >= 0.6 is 0 Å². The Morgan fingerprint density at radius 2 is 2.12 bits per heavy atom. The molecule has 1 aliphatic heterocycles. The van der Waals surface area contributed by atoms with Gasteiger partial charge in [-0.1, -0.05) is 6.92 Å². The Labute approximate surface area is 93.9 Å². The third-order valence-corrected chi connectivity index (χ3v) is 4.28. The molecule has 0 aromatic carbocycles. The van der Waals surface area contributed by atoms with E-state index in [0.29, 0.717) is 6.42 Å². The second kappa shape index (κ2) is 4.82. The maximum Gasteiger partial charge on any atom is 0.304 e. The zero-order valence-electron chi connectivity index (χ0n) is 8.97. The Morgan fingerprint density at radius 3 is 2.56 bits per heavy atom. The van der Waals surface area contributed by atoms with Gasteiger partial charge in [0.2, 0.25) is 5.91 Å². The minimum Gasteiger partial charge on any atom is -0.481 e. The molecule has 0 spiro atoms. The Morgan fingerprint density at radius 1 is 1.50 bits per heavy atom. The minimum absolute atomic E-state index is 0.0431. The number of nitrogens with one attached hydrogen (secondary N) is 1. The second-order valence-electron chi connectivity index (χ2n) is 4.11. The first kappa shape index (κ1) is 13.0. The number of carboxylic acids is 1. The van der Waals surface area contributed by atoms with Crippen LogP contribution in [-0.4, -0.2) is 42.9 Å². The monoisotopic (exact) mass is 249 g/mol. The van der Waals surface area contributed by atoms with Crippen LogP contribution in [0.3, 0.4) is 0 Å². The highest BCUT2D eigenvalue weighted by Crippen LogP contribution is 2.12. The normalized spacial score (nSPS) is 24.9. The van der Waals surface area contributed by atoms with E-state index in [0.717, 1.165) is 0 Å². The molecule has 16 heavy (non-hydrogen) atoms. The fraction of sp³-hybridized carbons (Fsp3) is 0.778. The molecule has 1 heterocycles. The van der Waals surface area contributed by atoms with Crippen molar-refractivity contribution < 1.29 is 23.1 Å². The highest BCUT2D eigenvalue weighted by Gasteiger charge is 2.30. The van der Waals surface area contributed by atoms with Crippen molar-refractivity contribution in [3.8, 4) is 0 Å². The van der Waals surface area contributed by atoms with Gasteiger partial charge in [0.1, 0.15) is 0 Å². The third-order valence-electron chi connectivity index (χ3n) is 2.51. The number of sulfone groups is 1. The molecule has 2 atom stereocenters. The van der Waals surface area contributed by atoms with E-state index < -0.39 is 27.6 Å². The first-order valence-electron chi connectivity index (χ1n) is 5.03. The average Bonchev–Trinajstić information content (AvgIpc) is 2.44. The molecule has 2 unspecified atom stereocenters. The van der Waals surface area contributed by atoms with Gasteiger partial charge >= 0.3 is 5.97 Å². The number of rotatable bonds is 4. The van der Waals surface area contributed by atoms with Crippen LogP contribution in [0.5, 0.6) is 0 Å². The van der Waals surface area contributed by atoms with Crippen molar-refractivity contribution in [2.45, 2.75) is 25.8 Å². The maximum atomic E-state index is 11.5. The SMILES string of the molecule is CC(CC(=O)O)C(=O)NC1CCS(=O)(=O)C1. The van der Waals surface area contributed by atoms with Crippen molar-refractivity contribution in [2.75, 3.05) is 11.5 Å². The summed E-state index contributed by atoms with van der Waals surface area (Å²) in [6.45, 7) is 1.51. The lowest BCUT2D eigenvalue weighted by Gasteiger charge is -2.14. The summed E-state index contributed by atoms with van der Waals surface area (Å²) in [5.74, 6) is -2.03. The molecule has 7 heteroatoms. The van der Waals surface area contributed by atoms with Gasteiger partial charge in [0.25, 0.3) is 0 Å². The Balaban J connectivity index is 2.44. The van der Waals surface area contributed by atoms with Gasteiger partial charge in [-0.15, -0.1) is 0 Å². The summed E-state index contributed by atoms with van der Waals surface area (Å²) >= 11 is 0. The fourth-order valence-electron chi connectivity index (χ4n) is 1.61. The summed E-state index contributed by atoms with van der Waals surface area (Å²) in [5, 5.41) is 11.1. The lowest BCUT2D eigenvalue weighted by Crippen LogP contribution is -2.39. The predicted octanol–water partition coefficient (Wildman–Crippen LogP) is -0.599. The van der Waals surface area contributed by atoms with Gasteiger partial charge in [0, 0.05) is 12.0 Å². The van der Waals surface area contributed by atoms with Crippen molar-refractivity contribution in [1.82, 2.24) is 5.32 Å². The standard InChI is InChI=1S/C9H15NO5S/c1-6(4-8(11)12)9(13)10-7-2-3-16(14,15)5-7/h6-7H,2-5H2,1H3,(H,10,13)(H,11,12). The molecule has 1 aliphatic rings. The van der Waals surface area contributed by atoms with Crippen molar-refractivity contribution >= 4 is 21.7 Å². The molecule has 0 bridgehead atoms. The topological polar surface area (TPSA) is 101 Å². The summed E-state index contributed by atoms with van der Waals surface area (Å²) < 4.78 is 22.2. The van der Waals surface area contributed by atoms with E-state index in [1.165, 1.54) is 6.92 Å². The molecule has 0 saturated carbocycles. The minimum atomic E-state index is -3.02. The van der Waals surface area contributed by atoms with Crippen LogP contribution in [0.4, 0.5) is 0 Å². The van der Waals surface area contributed by atoms with Crippen LogP contribution in [-0.2, 0) is 19.4 Å². The van der Waals surface area contributed by atoms with E-state index >= 15 is 0 Å². The summed E-state index contributed by atoms with van der Waals surface area (Å²) in [6, 6.07) is -0.367. The van der Waals surface area contributed by atoms with Crippen LogP contribution in [0.2, 0.25) is 0 Å². The summed E-state index contributed by atoms with van der Waals surface area (Å²) in [6.07, 6.45) is 0.166. The molecule has 92 valence electrons. The van der Waals surface area contributed by atoms with Crippen molar-refractivity contribution in [1.29, 1.82) is 0 Å². The van der Waals surface area contributed by atoms with Crippen LogP contribution in [0.1, 0.15) is 19.8 Å². The molecular weight excluding hydrogens is 234 g/mol. The number of amides is 1. The Bertz CT molecular complexity index is 389. The van der Waals surface area contributed by atoms with Crippen molar-refractivity contribution in [3.63, 3.8) is 0 Å². The Kier molecular flexibility index (Phi) is 3.90. The van der Waals surface area contributed by atoms with Crippen LogP contribution in [0.15, 0.2) is 0 Å². The lowest BCUT2D eigenvalue weighted by atomic mass is 10.1. The first-order valence-corrected chi connectivity index (χ1v) is 6.85. The lowest BCUT2D eigenvalue weighted by molar-refractivity contribution is -0.140. The van der Waals surface area contributed by atoms with Gasteiger partial charge in [0.15, 0.2) is 9.84 Å². The molecular formula is C9H15NO5S. The Hall–Kier alpha value is -1.11. The van der Waals surface area contributed by atoms with Crippen molar-refractivity contribution in [3.05, 3.63) is 0 Å². The molecule has 1 rings (SSSR count). The molecule has 0 aromatic heterocycles. The zero-order valence-corrected chi connectivity index (χ0v) is 9.79. The second-order valence-corrected chi connectivity index (χ2v) is 6.34. The quantitative estimate of drug-likeness (QED) is 0.693. The molecule has 0 aliphatic carbocycles. The molecule has 6 nitrogen and oxygen atoms in total. The van der Waals surface area contributed by atoms with Gasteiger partial charge in [0.05, 0.1) is 17.9 Å². The maximum absolute atomic E-state index is 11.5. The summed E-state index contributed by atoms with van der Waals surface area (Å²) in [5.41, 5.74) is 0. The smallest absolute Gasteiger partial charge is 0.304 e. The number of carboxylic acid groups (broad SMARTS) is 1. The van der Waals surface area contributed by atoms with E-state index in [9.17, 15) is 18.0 Å². The van der Waals surface area contributed by atoms with Crippen LogP contribution in [0.25, 0.3) is 0 Å². The van der Waals surface area contributed by atoms with Crippen LogP contribution in [0, 0.1) is 5.92 Å². The number of carbonyl (C=O) groups is 2. The van der Waals surface area contributed by atoms with Gasteiger partial charge in [-0.2, -0.15) is 0 Å². The summed E-state index contributed by atoms with van der Waals surface area (Å²) in [4.78, 5) is 21.9. The third kappa shape index (κ3) is 3.80. The van der Waals surface area contributed by atoms with Crippen LogP contribution < -0.4 is 5.32 Å². The van der Waals surface area contributed by atoms with Crippen molar-refractivity contribution in [2.24, 2.45) is 5.92 Å². The van der Waals surface area contributed by atoms with Gasteiger partial charge in [-0.25, -0.2) is 8.42 Å². The first-order chi connectivity index (χ1) is 7.30. The summed E-state index contributed by atoms with van der Waals surface area (Å²) in [7, 11) is -3.02. The van der Waals surface area contributed by atoms with E-state index in [-0.39, 0.29) is 24.0 Å². The molecule has 0 aromatic rings. The molecule has 2 N–H and O–H groups in total. The van der Waals surface area contributed by atoms with E-state index in [1.54, 1.807) is 0 Å². The fourth-order valence-corrected chi connectivity index (χ4v) is 3.28. The van der Waals surface area contributed by atoms with E-state index in [1.807, 2.05) is 0 Å². The molecule has 1 amide bonds. The number of hydrogen-bond donors (Lipinski definition) is 2. The van der Waals surface area contributed by atoms with Gasteiger partial charge in [-0.05, 0) is 6.42 Å². The van der Waals surface area contributed by atoms with Gasteiger partial charge in [-0.3, -0.25) is 9.59 Å². The largest absolute Gasteiger partial charge is 0.481 e. The van der Waals surface area contributed by atoms with E-state index in [2.05, 4.69) is 5.32 Å². The van der Waals surface area contributed by atoms with E-state index in [4.69, 9.17) is 5.11 Å². The van der Waals surface area contributed by atoms with Gasteiger partial charge < -0.3 is 10.4 Å². The highest BCUT2D eigenvalue weighted by atomic mass is 32.2. The number of aliphatic carboxylic acids is 1. The molecule has 1 fully saturated rings. The molecule has 0 radical (unpaired) electrons. The molecule has 1 saturated heterocycles. The predicted molar refractivity (Wildman–Crippen MR) is 56.6 cm³/mol. The zero-order chi connectivity index (χ0) is 12.3. The number of hydrogen-bond acceptors (Lipinski definition) is 4.